The van der Waals surface area contributed by atoms with Crippen molar-refractivity contribution in [2.75, 3.05) is 0 Å². The molecule has 0 aliphatic heterocycles. The summed E-state index contributed by atoms with van der Waals surface area (Å²) in [7, 11) is 0. The van der Waals surface area contributed by atoms with Crippen LogP contribution in [-0.2, 0) is 0 Å². The fraction of sp³-hybridized carbons (Fsp3) is 0. The van der Waals surface area contributed by atoms with Crippen LogP contribution < -0.4 is 0 Å². The van der Waals surface area contributed by atoms with Crippen LogP contribution in [0.4, 0.5) is 0 Å². The molecule has 524 valence electrons. The van der Waals surface area contributed by atoms with Gasteiger partial charge in [0.15, 0.2) is 0 Å². The normalized spacial score (nSPS) is 11.6. The number of rotatable bonds is 12. The molecule has 15 heterocycles. The van der Waals surface area contributed by atoms with Crippen molar-refractivity contribution in [1.29, 1.82) is 0 Å². The second-order valence-corrected chi connectivity index (χ2v) is 27.5. The molecule has 22 rings (SSSR count). The molecule has 0 aliphatic carbocycles. The van der Waals surface area contributed by atoms with E-state index in [-0.39, 0.29) is 0 Å². The Hall–Kier alpha value is -15.6. The number of hydrogen-bond donors (Lipinski definition) is 0. The van der Waals surface area contributed by atoms with Crippen molar-refractivity contribution in [1.82, 2.24) is 73.1 Å². The summed E-state index contributed by atoms with van der Waals surface area (Å²) >= 11 is 0. The van der Waals surface area contributed by atoms with Gasteiger partial charge in [-0.25, -0.2) is 19.9 Å². The van der Waals surface area contributed by atoms with Crippen molar-refractivity contribution in [3.05, 3.63) is 372 Å². The molecule has 0 aliphatic rings. The molecular weight excluding hydrogens is 1380 g/mol. The summed E-state index contributed by atoms with van der Waals surface area (Å²) in [4.78, 5) is 53.1. The fourth-order valence-corrected chi connectivity index (χ4v) is 15.9. The van der Waals surface area contributed by atoms with E-state index in [0.717, 1.165) is 195 Å². The average Bonchev–Trinajstić information content (AvgIpc) is 1.70. The Morgan fingerprint density at radius 3 is 1.31 bits per heavy atom. The number of fused-ring (bicyclic) bond motifs is 12. The van der Waals surface area contributed by atoms with Gasteiger partial charge in [-0.2, -0.15) is 0 Å². The second-order valence-electron chi connectivity index (χ2n) is 27.5. The third-order valence-corrected chi connectivity index (χ3v) is 21.0. The lowest BCUT2D eigenvalue weighted by molar-refractivity contribution is 1.08. The molecule has 15 nitrogen and oxygen atoms in total. The van der Waals surface area contributed by atoms with Gasteiger partial charge in [0.25, 0.3) is 0 Å². The number of para-hydroxylation sites is 4. The van der Waals surface area contributed by atoms with E-state index < -0.39 is 0 Å². The van der Waals surface area contributed by atoms with Gasteiger partial charge in [0, 0.05) is 140 Å². The van der Waals surface area contributed by atoms with E-state index in [1.807, 2.05) is 147 Å². The van der Waals surface area contributed by atoms with E-state index in [4.69, 9.17) is 39.9 Å². The SMILES string of the molecule is c1ccc(-c2cc(-c3cc(-c4ccc(-n5c6ccccc6c6cnccc65)nc4)nc(-c4ccccn4)c3)cc(-n3c4ccccc4c4cnccc43)c2)cc1.c1ccc(-c2cc(-n3c4ccccc4c4ncccc43)ncc2-c2cc(-c3cccc(-n4c5ccccc5c5ncccc54)c3)cc(-c3cccnc3)n2)nc1. The van der Waals surface area contributed by atoms with Crippen molar-refractivity contribution in [3.8, 4) is 113 Å². The number of benzene rings is 7. The van der Waals surface area contributed by atoms with Crippen LogP contribution in [0, 0.1) is 0 Å². The summed E-state index contributed by atoms with van der Waals surface area (Å²) in [6.45, 7) is 0. The van der Waals surface area contributed by atoms with E-state index in [0.29, 0.717) is 0 Å². The first-order valence-electron chi connectivity index (χ1n) is 37.0. The molecule has 0 N–H and O–H groups in total. The van der Waals surface area contributed by atoms with Crippen LogP contribution in [0.2, 0.25) is 0 Å². The maximum atomic E-state index is 5.29. The van der Waals surface area contributed by atoms with Crippen molar-refractivity contribution in [3.63, 3.8) is 0 Å². The zero-order valence-electron chi connectivity index (χ0n) is 59.9. The molecule has 0 atom stereocenters. The molecule has 15 aromatic heterocycles. The lowest BCUT2D eigenvalue weighted by Crippen LogP contribution is -2.01. The first-order valence-corrected chi connectivity index (χ1v) is 37.0. The molecule has 15 heteroatoms. The molecule has 0 saturated carbocycles. The Kier molecular flexibility index (Phi) is 15.8. The largest absolute Gasteiger partial charge is 0.309 e. The smallest absolute Gasteiger partial charge is 0.138 e. The quantitative estimate of drug-likeness (QED) is 0.114. The van der Waals surface area contributed by atoms with Crippen LogP contribution in [0.3, 0.4) is 0 Å². The van der Waals surface area contributed by atoms with E-state index >= 15 is 0 Å². The molecule has 0 fully saturated rings. The summed E-state index contributed by atoms with van der Waals surface area (Å²) in [5, 5.41) is 6.71. The monoisotopic (exact) mass is 1440 g/mol. The highest BCUT2D eigenvalue weighted by molar-refractivity contribution is 6.11. The molecule has 0 saturated heterocycles. The van der Waals surface area contributed by atoms with Gasteiger partial charge in [-0.15, -0.1) is 0 Å². The van der Waals surface area contributed by atoms with Gasteiger partial charge in [0.1, 0.15) is 11.6 Å². The highest BCUT2D eigenvalue weighted by Crippen LogP contribution is 2.42. The number of aromatic nitrogens is 15. The molecule has 0 spiro atoms. The Morgan fingerprint density at radius 1 is 0.188 bits per heavy atom. The lowest BCUT2D eigenvalue weighted by atomic mass is 9.96. The summed E-state index contributed by atoms with van der Waals surface area (Å²) in [5.41, 5.74) is 27.4. The fourth-order valence-electron chi connectivity index (χ4n) is 15.9. The Morgan fingerprint density at radius 2 is 0.652 bits per heavy atom. The van der Waals surface area contributed by atoms with Crippen LogP contribution in [0.25, 0.3) is 200 Å². The van der Waals surface area contributed by atoms with Gasteiger partial charge in [0.2, 0.25) is 0 Å². The van der Waals surface area contributed by atoms with Crippen molar-refractivity contribution in [2.45, 2.75) is 0 Å². The van der Waals surface area contributed by atoms with Crippen molar-refractivity contribution >= 4 is 87.5 Å². The van der Waals surface area contributed by atoms with Crippen LogP contribution in [0.1, 0.15) is 0 Å². The molecule has 112 heavy (non-hydrogen) atoms. The highest BCUT2D eigenvalue weighted by Gasteiger charge is 2.23. The van der Waals surface area contributed by atoms with Gasteiger partial charge in [-0.1, -0.05) is 127 Å². The third-order valence-electron chi connectivity index (χ3n) is 21.0. The zero-order valence-corrected chi connectivity index (χ0v) is 59.9. The predicted molar refractivity (Wildman–Crippen MR) is 449 cm³/mol. The molecule has 22 aromatic rings. The average molecular weight is 1440 g/mol. The van der Waals surface area contributed by atoms with Crippen molar-refractivity contribution < 1.29 is 0 Å². The van der Waals surface area contributed by atoms with Crippen LogP contribution in [0.5, 0.6) is 0 Å². The van der Waals surface area contributed by atoms with E-state index in [2.05, 4.69) is 252 Å². The third kappa shape index (κ3) is 11.3. The van der Waals surface area contributed by atoms with E-state index in [1.54, 1.807) is 6.20 Å². The molecule has 0 amide bonds. The van der Waals surface area contributed by atoms with Gasteiger partial charge >= 0.3 is 0 Å². The highest BCUT2D eigenvalue weighted by atomic mass is 15.1. The molecule has 0 unspecified atom stereocenters. The maximum absolute atomic E-state index is 5.29. The summed E-state index contributed by atoms with van der Waals surface area (Å²) in [6.07, 6.45) is 22.4. The number of hydrogen-bond acceptors (Lipinski definition) is 11. The molecule has 7 aromatic carbocycles. The molecule has 0 bridgehead atoms. The Labute approximate surface area is 641 Å². The minimum absolute atomic E-state index is 0.769. The van der Waals surface area contributed by atoms with E-state index in [9.17, 15) is 0 Å². The van der Waals surface area contributed by atoms with E-state index in [1.165, 1.54) is 5.39 Å². The predicted octanol–water partition coefficient (Wildman–Crippen LogP) is 22.4. The van der Waals surface area contributed by atoms with Gasteiger partial charge < -0.3 is 9.13 Å². The van der Waals surface area contributed by atoms with Gasteiger partial charge in [0.05, 0.1) is 89.3 Å². The lowest BCUT2D eigenvalue weighted by Gasteiger charge is -2.16. The number of pyridine rings is 11. The van der Waals surface area contributed by atoms with Crippen molar-refractivity contribution in [2.24, 2.45) is 0 Å². The van der Waals surface area contributed by atoms with Gasteiger partial charge in [-0.05, 0) is 203 Å². The Balaban J connectivity index is 0.000000141. The van der Waals surface area contributed by atoms with Crippen LogP contribution in [-0.4, -0.2) is 73.1 Å². The maximum Gasteiger partial charge on any atom is 0.138 e. The summed E-state index contributed by atoms with van der Waals surface area (Å²) < 4.78 is 9.00. The minimum atomic E-state index is 0.769. The first kappa shape index (κ1) is 64.7. The standard InChI is InChI=1S/C49H31N7.C48H30N8/c1-2-10-32(11-3-1)34-24-35(26-37(25-34)55-45-15-6-4-12-38(45)40-30-50-22-19-47(40)55)36-27-43(54-44(28-36)42-14-8-9-21-52-42)33-17-18-49(53-29-33)56-46-16-7-5-13-39(46)41-31-51-23-20-48(41)56;1-3-17-42-35(14-1)47-44(19-9-23-51-47)55(42)34-13-7-11-31(25-34)33-26-40(32-12-8-21-49-29-32)54-41(27-33)38-30-53-46(28-37(38)39-16-5-6-22-50-39)56-43-18-4-2-15-36(43)48-45(56)20-10-24-52-48/h1-31H;1-30H. The summed E-state index contributed by atoms with van der Waals surface area (Å²) in [5.74, 6) is 1.60. The van der Waals surface area contributed by atoms with Gasteiger partial charge in [-0.3, -0.25) is 44.0 Å². The molecule has 0 radical (unpaired) electrons. The first-order chi connectivity index (χ1) is 55.5. The Bertz CT molecular complexity index is 7170. The summed E-state index contributed by atoms with van der Waals surface area (Å²) in [6, 6.07) is 103. The van der Waals surface area contributed by atoms with Crippen LogP contribution in [0.15, 0.2) is 372 Å². The molecular formula is C97H61N15. The zero-order chi connectivity index (χ0) is 74.0. The minimum Gasteiger partial charge on any atom is -0.309 e. The number of nitrogens with zero attached hydrogens (tertiary/aromatic N) is 15. The topological polar surface area (TPSA) is 162 Å². The second kappa shape index (κ2) is 27.3. The van der Waals surface area contributed by atoms with Crippen LogP contribution >= 0.6 is 0 Å².